The highest BCUT2D eigenvalue weighted by atomic mass is 19.1. The van der Waals surface area contributed by atoms with E-state index in [0.717, 1.165) is 64.2 Å². The number of benzene rings is 2. The zero-order valence-corrected chi connectivity index (χ0v) is 30.3. The number of fused-ring (bicyclic) bond motifs is 2. The van der Waals surface area contributed by atoms with Gasteiger partial charge < -0.3 is 24.6 Å². The van der Waals surface area contributed by atoms with Crippen molar-refractivity contribution in [3.63, 3.8) is 0 Å². The van der Waals surface area contributed by atoms with Crippen LogP contribution in [0.15, 0.2) is 36.4 Å². The third-order valence-corrected chi connectivity index (χ3v) is 12.1. The summed E-state index contributed by atoms with van der Waals surface area (Å²) in [5.74, 6) is -0.783. The summed E-state index contributed by atoms with van der Waals surface area (Å²) in [6, 6.07) is 11.7. The summed E-state index contributed by atoms with van der Waals surface area (Å²) in [5, 5.41) is 22.8. The molecule has 2 amide bonds. The zero-order valence-electron chi connectivity index (χ0n) is 30.3. The van der Waals surface area contributed by atoms with Crippen LogP contribution in [0.2, 0.25) is 0 Å². The second-order valence-electron chi connectivity index (χ2n) is 15.4. The minimum atomic E-state index is -1.04. The van der Waals surface area contributed by atoms with E-state index in [9.17, 15) is 15.2 Å². The molecule has 2 bridgehead atoms. The number of hydrogen-bond acceptors (Lipinski definition) is 5. The molecule has 3 fully saturated rings. The first-order valence-electron chi connectivity index (χ1n) is 18.3. The number of nitriles is 1. The Hall–Kier alpha value is -3.42. The van der Waals surface area contributed by atoms with Crippen molar-refractivity contribution in [2.75, 3.05) is 0 Å². The average molecular weight is 674 g/mol. The summed E-state index contributed by atoms with van der Waals surface area (Å²) in [7, 11) is -0.762. The number of carbonyl (C=O) groups excluding carboxylic acids is 1. The van der Waals surface area contributed by atoms with Gasteiger partial charge in [0.25, 0.3) is 5.91 Å². The van der Waals surface area contributed by atoms with Gasteiger partial charge in [0.1, 0.15) is 11.9 Å². The van der Waals surface area contributed by atoms with Crippen LogP contribution in [0.1, 0.15) is 135 Å². The molecule has 0 aromatic heterocycles. The first-order chi connectivity index (χ1) is 23.2. The predicted molar refractivity (Wildman–Crippen MR) is 190 cm³/mol. The Balaban J connectivity index is 1.66. The third kappa shape index (κ3) is 6.27. The van der Waals surface area contributed by atoms with E-state index in [-0.39, 0.29) is 23.4 Å². The normalized spacial score (nSPS) is 26.6. The summed E-state index contributed by atoms with van der Waals surface area (Å²) in [6.07, 6.45) is 8.34. The molecule has 2 aromatic rings. The first-order valence-corrected chi connectivity index (χ1v) is 18.3. The van der Waals surface area contributed by atoms with E-state index in [0.29, 0.717) is 28.6 Å². The topological polar surface area (TPSA) is 112 Å². The SMILES string of the molecule is CCCCC1[C@H]2CC[C@](CCCC)(N2C(=O)c2ccc(B3OC(C)(C)C(C)(C)O3)c(-c3ccc(C#N)c(F)c3)c2)[C@@]1(CCCC)NC(=O)O. The molecule has 3 heterocycles. The van der Waals surface area contributed by atoms with Crippen LogP contribution in [0.3, 0.4) is 0 Å². The third-order valence-electron chi connectivity index (χ3n) is 12.1. The van der Waals surface area contributed by atoms with Crippen molar-refractivity contribution >= 4 is 24.6 Å². The molecular weight excluding hydrogens is 620 g/mol. The van der Waals surface area contributed by atoms with E-state index in [1.165, 1.54) is 12.1 Å². The summed E-state index contributed by atoms with van der Waals surface area (Å²) in [5.41, 5.74) is -0.512. The Morgan fingerprint density at radius 3 is 2.24 bits per heavy atom. The molecule has 264 valence electrons. The molecule has 2 N–H and O–H groups in total. The number of halogens is 1. The molecule has 8 nitrogen and oxygen atoms in total. The molecule has 2 aromatic carbocycles. The largest absolute Gasteiger partial charge is 0.495 e. The lowest BCUT2D eigenvalue weighted by molar-refractivity contribution is 0.00578. The number of nitrogens with zero attached hydrogens (tertiary/aromatic N) is 2. The van der Waals surface area contributed by atoms with Crippen molar-refractivity contribution in [2.45, 2.75) is 147 Å². The Morgan fingerprint density at radius 1 is 1.00 bits per heavy atom. The monoisotopic (exact) mass is 673 g/mol. The lowest BCUT2D eigenvalue weighted by Crippen LogP contribution is -2.68. The molecule has 0 radical (unpaired) electrons. The number of unbranched alkanes of at least 4 members (excludes halogenated alkanes) is 3. The minimum absolute atomic E-state index is 0.000716. The Labute approximate surface area is 291 Å². The van der Waals surface area contributed by atoms with Crippen LogP contribution in [-0.4, -0.2) is 57.4 Å². The maximum Gasteiger partial charge on any atom is 0.495 e. The molecular formula is C39H53BFN3O5. The van der Waals surface area contributed by atoms with Gasteiger partial charge in [0.15, 0.2) is 0 Å². The van der Waals surface area contributed by atoms with Gasteiger partial charge in [-0.3, -0.25) is 4.79 Å². The zero-order chi connectivity index (χ0) is 35.8. The van der Waals surface area contributed by atoms with Gasteiger partial charge >= 0.3 is 13.2 Å². The molecule has 5 rings (SSSR count). The van der Waals surface area contributed by atoms with E-state index in [4.69, 9.17) is 9.31 Å². The molecule has 3 aliphatic rings. The van der Waals surface area contributed by atoms with Crippen molar-refractivity contribution < 1.29 is 28.4 Å². The Morgan fingerprint density at radius 2 is 1.65 bits per heavy atom. The van der Waals surface area contributed by atoms with Gasteiger partial charge in [-0.15, -0.1) is 0 Å². The molecule has 3 aliphatic heterocycles. The number of carboxylic acid groups (broad SMARTS) is 1. The van der Waals surface area contributed by atoms with E-state index >= 15 is 9.18 Å². The van der Waals surface area contributed by atoms with Crippen LogP contribution in [0, 0.1) is 23.1 Å². The second kappa shape index (κ2) is 14.1. The fraction of sp³-hybridized carbons (Fsp3) is 0.615. The van der Waals surface area contributed by atoms with E-state index < -0.39 is 41.3 Å². The van der Waals surface area contributed by atoms with Gasteiger partial charge in [-0.05, 0) is 101 Å². The lowest BCUT2D eigenvalue weighted by atomic mass is 9.60. The summed E-state index contributed by atoms with van der Waals surface area (Å²) < 4.78 is 27.9. The van der Waals surface area contributed by atoms with Gasteiger partial charge in [0.05, 0.1) is 27.8 Å². The molecule has 3 saturated heterocycles. The molecule has 10 heteroatoms. The van der Waals surface area contributed by atoms with Crippen LogP contribution in [0.5, 0.6) is 0 Å². The average Bonchev–Trinajstić information content (AvgIpc) is 3.61. The standard InChI is InChI=1S/C39H53BFN3O5/c1-8-11-14-30-33-19-22-38(20-12-9-2,39(30,21-13-10-3)43-35(46)47)44(33)34(45)27-17-18-31(40-48-36(4,5)37(6,7)49-40)29(23-27)26-15-16-28(25-42)32(41)24-26/h15-18,23-24,30,33,43H,8-14,19-22H2,1-7H3,(H,46,47)/t30?,33-,38+,39+/m1/s1. The van der Waals surface area contributed by atoms with E-state index in [1.54, 1.807) is 18.2 Å². The van der Waals surface area contributed by atoms with Crippen LogP contribution in [0.4, 0.5) is 9.18 Å². The summed E-state index contributed by atoms with van der Waals surface area (Å²) >= 11 is 0. The summed E-state index contributed by atoms with van der Waals surface area (Å²) in [4.78, 5) is 29.8. The molecule has 1 unspecified atom stereocenters. The number of amides is 2. The molecule has 0 saturated carbocycles. The summed E-state index contributed by atoms with van der Waals surface area (Å²) in [6.45, 7) is 14.3. The van der Waals surface area contributed by atoms with Crippen molar-refractivity contribution in [1.29, 1.82) is 5.26 Å². The van der Waals surface area contributed by atoms with Gasteiger partial charge in [-0.1, -0.05) is 71.4 Å². The van der Waals surface area contributed by atoms with Crippen molar-refractivity contribution in [3.8, 4) is 17.2 Å². The Bertz CT molecular complexity index is 1590. The number of nitrogens with one attached hydrogen (secondary N) is 1. The number of carbonyl (C=O) groups is 2. The predicted octanol–water partition coefficient (Wildman–Crippen LogP) is 8.21. The lowest BCUT2D eigenvalue weighted by Gasteiger charge is -2.51. The van der Waals surface area contributed by atoms with Crippen LogP contribution < -0.4 is 10.8 Å². The number of rotatable bonds is 13. The highest BCUT2D eigenvalue weighted by Crippen LogP contribution is 2.61. The van der Waals surface area contributed by atoms with E-state index in [2.05, 4.69) is 31.0 Å². The maximum absolute atomic E-state index is 15.1. The van der Waals surface area contributed by atoms with Gasteiger partial charge in [0, 0.05) is 17.5 Å². The molecule has 49 heavy (non-hydrogen) atoms. The van der Waals surface area contributed by atoms with Crippen LogP contribution in [-0.2, 0) is 9.31 Å². The highest BCUT2D eigenvalue weighted by molar-refractivity contribution is 6.64. The van der Waals surface area contributed by atoms with Crippen molar-refractivity contribution in [1.82, 2.24) is 10.2 Å². The van der Waals surface area contributed by atoms with Gasteiger partial charge in [-0.2, -0.15) is 5.26 Å². The second-order valence-corrected chi connectivity index (χ2v) is 15.4. The Kier molecular flexibility index (Phi) is 10.6. The van der Waals surface area contributed by atoms with E-state index in [1.807, 2.05) is 39.8 Å². The molecule has 0 aliphatic carbocycles. The van der Waals surface area contributed by atoms with Crippen LogP contribution >= 0.6 is 0 Å². The van der Waals surface area contributed by atoms with Crippen LogP contribution in [0.25, 0.3) is 11.1 Å². The maximum atomic E-state index is 15.1. The fourth-order valence-electron chi connectivity index (χ4n) is 8.96. The minimum Gasteiger partial charge on any atom is -0.465 e. The first kappa shape index (κ1) is 36.9. The molecule has 0 spiro atoms. The van der Waals surface area contributed by atoms with Crippen molar-refractivity contribution in [2.24, 2.45) is 5.92 Å². The molecule has 4 atom stereocenters. The number of hydrogen-bond donors (Lipinski definition) is 2. The highest BCUT2D eigenvalue weighted by Gasteiger charge is 2.71. The quantitative estimate of drug-likeness (QED) is 0.207. The van der Waals surface area contributed by atoms with Crippen molar-refractivity contribution in [3.05, 3.63) is 53.3 Å². The van der Waals surface area contributed by atoms with Gasteiger partial charge in [0.2, 0.25) is 0 Å². The smallest absolute Gasteiger partial charge is 0.465 e. The van der Waals surface area contributed by atoms with Gasteiger partial charge in [-0.25, -0.2) is 9.18 Å². The fourth-order valence-corrected chi connectivity index (χ4v) is 8.96.